The lowest BCUT2D eigenvalue weighted by atomic mass is 10.1. The highest BCUT2D eigenvalue weighted by atomic mass is 35.5. The van der Waals surface area contributed by atoms with E-state index in [9.17, 15) is 4.79 Å². The van der Waals surface area contributed by atoms with Crippen molar-refractivity contribution in [1.82, 2.24) is 10.2 Å². The van der Waals surface area contributed by atoms with Crippen LogP contribution in [0.25, 0.3) is 0 Å². The number of benzene rings is 1. The second-order valence-corrected chi connectivity index (χ2v) is 5.60. The number of amides is 1. The van der Waals surface area contributed by atoms with E-state index in [1.807, 2.05) is 23.1 Å². The van der Waals surface area contributed by atoms with Crippen LogP contribution >= 0.6 is 11.6 Å². The normalized spacial score (nSPS) is 19.3. The molecule has 0 atom stereocenters. The smallest absolute Gasteiger partial charge is 0.255 e. The zero-order valence-electron chi connectivity index (χ0n) is 10.8. The Hall–Kier alpha value is -1.26. The van der Waals surface area contributed by atoms with E-state index < -0.39 is 0 Å². The number of carbonyl (C=O) groups is 1. The Kier molecular flexibility index (Phi) is 3.62. The number of carbonyl (C=O) groups excluding carboxylic acids is 1. The van der Waals surface area contributed by atoms with Crippen molar-refractivity contribution >= 4 is 23.2 Å². The Morgan fingerprint density at radius 3 is 2.63 bits per heavy atom. The Bertz CT molecular complexity index is 482. The van der Waals surface area contributed by atoms with Gasteiger partial charge in [-0.15, -0.1) is 0 Å². The topological polar surface area (TPSA) is 44.4 Å². The first kappa shape index (κ1) is 12.8. The summed E-state index contributed by atoms with van der Waals surface area (Å²) in [4.78, 5) is 14.2. The third-order valence-corrected chi connectivity index (χ3v) is 4.06. The molecule has 0 aromatic heterocycles. The Morgan fingerprint density at radius 1 is 1.32 bits per heavy atom. The van der Waals surface area contributed by atoms with Gasteiger partial charge in [0, 0.05) is 31.9 Å². The summed E-state index contributed by atoms with van der Waals surface area (Å²) in [6.45, 7) is 3.66. The van der Waals surface area contributed by atoms with E-state index in [-0.39, 0.29) is 5.91 Å². The summed E-state index contributed by atoms with van der Waals surface area (Å²) in [5.41, 5.74) is 1.59. The SMILES string of the molecule is O=C(c1ccc(NC2CNC2)cc1Cl)N1CCCC1. The molecule has 0 aliphatic carbocycles. The van der Waals surface area contributed by atoms with Crippen molar-refractivity contribution < 1.29 is 4.79 Å². The molecule has 4 nitrogen and oxygen atoms in total. The van der Waals surface area contributed by atoms with Gasteiger partial charge in [-0.25, -0.2) is 0 Å². The molecule has 2 N–H and O–H groups in total. The zero-order chi connectivity index (χ0) is 13.2. The van der Waals surface area contributed by atoms with Crippen LogP contribution in [0.4, 0.5) is 5.69 Å². The highest BCUT2D eigenvalue weighted by Gasteiger charge is 2.22. The Morgan fingerprint density at radius 2 is 2.05 bits per heavy atom. The second kappa shape index (κ2) is 5.39. The number of hydrogen-bond donors (Lipinski definition) is 2. The van der Waals surface area contributed by atoms with Gasteiger partial charge in [-0.3, -0.25) is 4.79 Å². The van der Waals surface area contributed by atoms with E-state index in [4.69, 9.17) is 11.6 Å². The fraction of sp³-hybridized carbons (Fsp3) is 0.500. The number of nitrogens with one attached hydrogen (secondary N) is 2. The molecule has 2 fully saturated rings. The molecule has 2 heterocycles. The summed E-state index contributed by atoms with van der Waals surface area (Å²) in [5, 5.41) is 7.13. The van der Waals surface area contributed by atoms with Gasteiger partial charge >= 0.3 is 0 Å². The van der Waals surface area contributed by atoms with Crippen LogP contribution in [-0.2, 0) is 0 Å². The van der Waals surface area contributed by atoms with Gasteiger partial charge in [0.1, 0.15) is 0 Å². The summed E-state index contributed by atoms with van der Waals surface area (Å²) in [6.07, 6.45) is 2.19. The van der Waals surface area contributed by atoms with E-state index in [1.54, 1.807) is 0 Å². The van der Waals surface area contributed by atoms with Crippen molar-refractivity contribution in [1.29, 1.82) is 0 Å². The van der Waals surface area contributed by atoms with Crippen LogP contribution in [0.2, 0.25) is 5.02 Å². The highest BCUT2D eigenvalue weighted by Crippen LogP contribution is 2.24. The molecule has 0 unspecified atom stereocenters. The third kappa shape index (κ3) is 2.69. The highest BCUT2D eigenvalue weighted by molar-refractivity contribution is 6.34. The van der Waals surface area contributed by atoms with Crippen LogP contribution in [0.1, 0.15) is 23.2 Å². The minimum absolute atomic E-state index is 0.0550. The first-order chi connectivity index (χ1) is 9.24. The minimum Gasteiger partial charge on any atom is -0.380 e. The third-order valence-electron chi connectivity index (χ3n) is 3.75. The first-order valence-corrected chi connectivity index (χ1v) is 7.18. The number of nitrogens with zero attached hydrogens (tertiary/aromatic N) is 1. The van der Waals surface area contributed by atoms with Crippen LogP contribution in [0.5, 0.6) is 0 Å². The number of rotatable bonds is 3. The molecule has 102 valence electrons. The molecular weight excluding hydrogens is 262 g/mol. The monoisotopic (exact) mass is 279 g/mol. The molecule has 1 aromatic rings. The lowest BCUT2D eigenvalue weighted by Gasteiger charge is -2.29. The van der Waals surface area contributed by atoms with Crippen LogP contribution in [0, 0.1) is 0 Å². The van der Waals surface area contributed by atoms with Gasteiger partial charge in [-0.2, -0.15) is 0 Å². The number of hydrogen-bond acceptors (Lipinski definition) is 3. The number of anilines is 1. The van der Waals surface area contributed by atoms with Gasteiger partial charge in [0.05, 0.1) is 16.6 Å². The van der Waals surface area contributed by atoms with Crippen molar-refractivity contribution in [2.45, 2.75) is 18.9 Å². The summed E-state index contributed by atoms with van der Waals surface area (Å²) in [5.74, 6) is 0.0550. The summed E-state index contributed by atoms with van der Waals surface area (Å²) >= 11 is 6.24. The van der Waals surface area contributed by atoms with Crippen molar-refractivity contribution in [3.05, 3.63) is 28.8 Å². The van der Waals surface area contributed by atoms with Crippen molar-refractivity contribution in [2.24, 2.45) is 0 Å². The Labute approximate surface area is 118 Å². The van der Waals surface area contributed by atoms with Gasteiger partial charge in [-0.1, -0.05) is 11.6 Å². The average molecular weight is 280 g/mol. The zero-order valence-corrected chi connectivity index (χ0v) is 11.5. The van der Waals surface area contributed by atoms with Gasteiger partial charge in [0.25, 0.3) is 5.91 Å². The van der Waals surface area contributed by atoms with Crippen LogP contribution < -0.4 is 10.6 Å². The van der Waals surface area contributed by atoms with Gasteiger partial charge in [-0.05, 0) is 31.0 Å². The van der Waals surface area contributed by atoms with Crippen LogP contribution in [-0.4, -0.2) is 43.0 Å². The molecule has 2 aliphatic heterocycles. The van der Waals surface area contributed by atoms with E-state index in [1.165, 1.54) is 0 Å². The fourth-order valence-corrected chi connectivity index (χ4v) is 2.76. The van der Waals surface area contributed by atoms with Crippen molar-refractivity contribution in [3.63, 3.8) is 0 Å². The van der Waals surface area contributed by atoms with E-state index >= 15 is 0 Å². The predicted octanol–water partition coefficient (Wildman–Crippen LogP) is 1.96. The molecule has 0 bridgehead atoms. The molecule has 1 amide bonds. The quantitative estimate of drug-likeness (QED) is 0.889. The minimum atomic E-state index is 0.0550. The molecule has 5 heteroatoms. The molecule has 0 radical (unpaired) electrons. The van der Waals surface area contributed by atoms with Gasteiger partial charge in [0.15, 0.2) is 0 Å². The summed E-state index contributed by atoms with van der Waals surface area (Å²) in [6, 6.07) is 6.09. The molecule has 0 saturated carbocycles. The maximum Gasteiger partial charge on any atom is 0.255 e. The van der Waals surface area contributed by atoms with E-state index in [0.717, 1.165) is 44.7 Å². The van der Waals surface area contributed by atoms with E-state index in [2.05, 4.69) is 10.6 Å². The molecule has 2 saturated heterocycles. The van der Waals surface area contributed by atoms with Gasteiger partial charge < -0.3 is 15.5 Å². The number of likely N-dealkylation sites (tertiary alicyclic amines) is 1. The second-order valence-electron chi connectivity index (χ2n) is 5.19. The standard InChI is InChI=1S/C14H18ClN3O/c15-13-7-10(17-11-8-16-9-11)3-4-12(13)14(19)18-5-1-2-6-18/h3-4,7,11,16-17H,1-2,5-6,8-9H2. The van der Waals surface area contributed by atoms with Crippen molar-refractivity contribution in [3.8, 4) is 0 Å². The van der Waals surface area contributed by atoms with Crippen LogP contribution in [0.15, 0.2) is 18.2 Å². The maximum atomic E-state index is 12.3. The molecule has 19 heavy (non-hydrogen) atoms. The predicted molar refractivity (Wildman–Crippen MR) is 76.9 cm³/mol. The molecule has 2 aliphatic rings. The first-order valence-electron chi connectivity index (χ1n) is 6.80. The van der Waals surface area contributed by atoms with Crippen molar-refractivity contribution in [2.75, 3.05) is 31.5 Å². The van der Waals surface area contributed by atoms with Crippen LogP contribution in [0.3, 0.4) is 0 Å². The largest absolute Gasteiger partial charge is 0.380 e. The lowest BCUT2D eigenvalue weighted by molar-refractivity contribution is 0.0793. The molecule has 1 aromatic carbocycles. The summed E-state index contributed by atoms with van der Waals surface area (Å²) in [7, 11) is 0. The number of halogens is 1. The fourth-order valence-electron chi connectivity index (χ4n) is 2.50. The molecular formula is C14H18ClN3O. The molecule has 0 spiro atoms. The lowest BCUT2D eigenvalue weighted by Crippen LogP contribution is -2.51. The average Bonchev–Trinajstić information content (AvgIpc) is 2.87. The molecule has 3 rings (SSSR count). The van der Waals surface area contributed by atoms with Gasteiger partial charge in [0.2, 0.25) is 0 Å². The Balaban J connectivity index is 1.72. The van der Waals surface area contributed by atoms with E-state index in [0.29, 0.717) is 16.6 Å². The summed E-state index contributed by atoms with van der Waals surface area (Å²) < 4.78 is 0. The maximum absolute atomic E-state index is 12.3.